The number of rotatable bonds is 4. The third-order valence-corrected chi connectivity index (χ3v) is 3.29. The van der Waals surface area contributed by atoms with Gasteiger partial charge in [0.05, 0.1) is 11.7 Å². The van der Waals surface area contributed by atoms with E-state index in [4.69, 9.17) is 0 Å². The van der Waals surface area contributed by atoms with Gasteiger partial charge in [0.1, 0.15) is 5.82 Å². The van der Waals surface area contributed by atoms with Gasteiger partial charge in [-0.05, 0) is 49.7 Å². The summed E-state index contributed by atoms with van der Waals surface area (Å²) < 4.78 is 14.9. The van der Waals surface area contributed by atoms with E-state index in [0.29, 0.717) is 0 Å². The molecule has 2 rings (SSSR count). The molecule has 0 aliphatic rings. The van der Waals surface area contributed by atoms with E-state index in [9.17, 15) is 4.39 Å². The summed E-state index contributed by atoms with van der Waals surface area (Å²) in [5.41, 5.74) is 3.26. The molecule has 0 saturated heterocycles. The van der Waals surface area contributed by atoms with Crippen LogP contribution in [-0.4, -0.2) is 16.8 Å². The molecule has 0 spiro atoms. The second-order valence-electron chi connectivity index (χ2n) is 4.50. The van der Waals surface area contributed by atoms with Crippen LogP contribution < -0.4 is 5.32 Å². The molecule has 96 valence electrons. The van der Waals surface area contributed by atoms with Crippen molar-refractivity contribution >= 4 is 0 Å². The lowest BCUT2D eigenvalue weighted by molar-refractivity contribution is 0.535. The SMILES string of the molecule is CNC(Cc1ccc(F)cc1C)c1ccnn1C. The molecule has 1 N–H and O–H groups in total. The molecule has 1 atom stereocenters. The van der Waals surface area contributed by atoms with Gasteiger partial charge < -0.3 is 5.32 Å². The number of aryl methyl sites for hydroxylation is 2. The predicted molar refractivity (Wildman–Crippen MR) is 69.8 cm³/mol. The fourth-order valence-corrected chi connectivity index (χ4v) is 2.19. The van der Waals surface area contributed by atoms with Gasteiger partial charge in [-0.2, -0.15) is 5.10 Å². The third kappa shape index (κ3) is 2.59. The Morgan fingerprint density at radius 2 is 2.17 bits per heavy atom. The molecular weight excluding hydrogens is 229 g/mol. The normalized spacial score (nSPS) is 12.7. The Morgan fingerprint density at radius 3 is 2.72 bits per heavy atom. The highest BCUT2D eigenvalue weighted by Crippen LogP contribution is 2.20. The molecule has 0 fully saturated rings. The molecule has 18 heavy (non-hydrogen) atoms. The van der Waals surface area contributed by atoms with Gasteiger partial charge in [-0.1, -0.05) is 6.07 Å². The number of halogens is 1. The Morgan fingerprint density at radius 1 is 1.39 bits per heavy atom. The summed E-state index contributed by atoms with van der Waals surface area (Å²) in [4.78, 5) is 0. The summed E-state index contributed by atoms with van der Waals surface area (Å²) in [7, 11) is 3.85. The third-order valence-electron chi connectivity index (χ3n) is 3.29. The maximum absolute atomic E-state index is 13.1. The van der Waals surface area contributed by atoms with Crippen LogP contribution in [0.25, 0.3) is 0 Å². The Hall–Kier alpha value is -1.68. The van der Waals surface area contributed by atoms with E-state index in [-0.39, 0.29) is 11.9 Å². The highest BCUT2D eigenvalue weighted by Gasteiger charge is 2.14. The maximum atomic E-state index is 13.1. The Balaban J connectivity index is 2.23. The standard InChI is InChI=1S/C14H18FN3/c1-10-8-12(15)5-4-11(10)9-13(16-2)14-6-7-17-18(14)3/h4-8,13,16H,9H2,1-3H3. The van der Waals surface area contributed by atoms with Gasteiger partial charge in [0.2, 0.25) is 0 Å². The van der Waals surface area contributed by atoms with Crippen LogP contribution in [-0.2, 0) is 13.5 Å². The minimum Gasteiger partial charge on any atom is -0.311 e. The first-order chi connectivity index (χ1) is 8.61. The number of likely N-dealkylation sites (N-methyl/N-ethyl adjacent to an activating group) is 1. The Bertz CT molecular complexity index is 534. The van der Waals surface area contributed by atoms with Crippen molar-refractivity contribution in [1.29, 1.82) is 0 Å². The highest BCUT2D eigenvalue weighted by atomic mass is 19.1. The molecule has 4 heteroatoms. The first-order valence-corrected chi connectivity index (χ1v) is 6.02. The maximum Gasteiger partial charge on any atom is 0.123 e. The molecule has 0 bridgehead atoms. The molecule has 1 aromatic carbocycles. The summed E-state index contributed by atoms with van der Waals surface area (Å²) in [5, 5.41) is 7.46. The van der Waals surface area contributed by atoms with Gasteiger partial charge in [0, 0.05) is 13.2 Å². The van der Waals surface area contributed by atoms with Gasteiger partial charge in [-0.25, -0.2) is 4.39 Å². The fourth-order valence-electron chi connectivity index (χ4n) is 2.19. The number of hydrogen-bond acceptors (Lipinski definition) is 2. The molecular formula is C14H18FN3. The van der Waals surface area contributed by atoms with Gasteiger partial charge in [-0.3, -0.25) is 4.68 Å². The Kier molecular flexibility index (Phi) is 3.77. The summed E-state index contributed by atoms with van der Waals surface area (Å²) >= 11 is 0. The lowest BCUT2D eigenvalue weighted by Gasteiger charge is -2.17. The van der Waals surface area contributed by atoms with E-state index < -0.39 is 0 Å². The smallest absolute Gasteiger partial charge is 0.123 e. The van der Waals surface area contributed by atoms with E-state index in [1.165, 1.54) is 6.07 Å². The largest absolute Gasteiger partial charge is 0.311 e. The van der Waals surface area contributed by atoms with Crippen molar-refractivity contribution in [3.05, 3.63) is 53.1 Å². The Labute approximate surface area is 107 Å². The first kappa shape index (κ1) is 12.8. The van der Waals surface area contributed by atoms with Crippen LogP contribution in [0.4, 0.5) is 4.39 Å². The molecule has 0 amide bonds. The van der Waals surface area contributed by atoms with Gasteiger partial charge in [0.15, 0.2) is 0 Å². The van der Waals surface area contributed by atoms with E-state index in [1.54, 1.807) is 12.3 Å². The molecule has 2 aromatic rings. The van der Waals surface area contributed by atoms with E-state index in [0.717, 1.165) is 23.2 Å². The van der Waals surface area contributed by atoms with Gasteiger partial charge in [0.25, 0.3) is 0 Å². The molecule has 1 aromatic heterocycles. The molecule has 0 aliphatic carbocycles. The first-order valence-electron chi connectivity index (χ1n) is 6.02. The topological polar surface area (TPSA) is 29.9 Å². The average molecular weight is 247 g/mol. The van der Waals surface area contributed by atoms with Crippen LogP contribution in [0.1, 0.15) is 22.9 Å². The summed E-state index contributed by atoms with van der Waals surface area (Å²) in [6, 6.07) is 7.12. The molecule has 1 unspecified atom stereocenters. The number of benzene rings is 1. The van der Waals surface area contributed by atoms with Crippen LogP contribution in [0.15, 0.2) is 30.5 Å². The summed E-state index contributed by atoms with van der Waals surface area (Å²) in [6.45, 7) is 1.94. The summed E-state index contributed by atoms with van der Waals surface area (Å²) in [5.74, 6) is -0.183. The molecule has 1 heterocycles. The van der Waals surface area contributed by atoms with Crippen LogP contribution in [0, 0.1) is 12.7 Å². The minimum atomic E-state index is -0.183. The number of nitrogens with one attached hydrogen (secondary N) is 1. The molecule has 0 saturated carbocycles. The van der Waals surface area contributed by atoms with E-state index in [1.807, 2.05) is 37.8 Å². The van der Waals surface area contributed by atoms with Crippen molar-refractivity contribution in [2.24, 2.45) is 7.05 Å². The zero-order valence-electron chi connectivity index (χ0n) is 10.9. The van der Waals surface area contributed by atoms with Gasteiger partial charge >= 0.3 is 0 Å². The number of aromatic nitrogens is 2. The number of hydrogen-bond donors (Lipinski definition) is 1. The minimum absolute atomic E-state index is 0.182. The predicted octanol–water partition coefficient (Wildman–Crippen LogP) is 2.37. The van der Waals surface area contributed by atoms with Crippen molar-refractivity contribution in [2.45, 2.75) is 19.4 Å². The fraction of sp³-hybridized carbons (Fsp3) is 0.357. The zero-order valence-corrected chi connectivity index (χ0v) is 10.9. The van der Waals surface area contributed by atoms with Crippen LogP contribution in [0.2, 0.25) is 0 Å². The van der Waals surface area contributed by atoms with Crippen LogP contribution in [0.5, 0.6) is 0 Å². The second kappa shape index (κ2) is 5.31. The van der Waals surface area contributed by atoms with E-state index in [2.05, 4.69) is 10.4 Å². The monoisotopic (exact) mass is 247 g/mol. The highest BCUT2D eigenvalue weighted by molar-refractivity contribution is 5.28. The van der Waals surface area contributed by atoms with E-state index >= 15 is 0 Å². The molecule has 3 nitrogen and oxygen atoms in total. The lowest BCUT2D eigenvalue weighted by Crippen LogP contribution is -2.22. The van der Waals surface area contributed by atoms with Crippen molar-refractivity contribution in [1.82, 2.24) is 15.1 Å². The molecule has 0 radical (unpaired) electrons. The summed E-state index contributed by atoms with van der Waals surface area (Å²) in [6.07, 6.45) is 2.61. The van der Waals surface area contributed by atoms with Crippen LogP contribution in [0.3, 0.4) is 0 Å². The van der Waals surface area contributed by atoms with Crippen molar-refractivity contribution in [3.8, 4) is 0 Å². The van der Waals surface area contributed by atoms with Gasteiger partial charge in [-0.15, -0.1) is 0 Å². The quantitative estimate of drug-likeness (QED) is 0.899. The van der Waals surface area contributed by atoms with Crippen molar-refractivity contribution in [3.63, 3.8) is 0 Å². The van der Waals surface area contributed by atoms with Crippen molar-refractivity contribution < 1.29 is 4.39 Å². The zero-order chi connectivity index (χ0) is 13.1. The average Bonchev–Trinajstić information content (AvgIpc) is 2.75. The second-order valence-corrected chi connectivity index (χ2v) is 4.50. The van der Waals surface area contributed by atoms with Crippen molar-refractivity contribution in [2.75, 3.05) is 7.05 Å². The lowest BCUT2D eigenvalue weighted by atomic mass is 9.99. The van der Waals surface area contributed by atoms with Crippen LogP contribution >= 0.6 is 0 Å². The number of nitrogens with zero attached hydrogens (tertiary/aromatic N) is 2. The molecule has 0 aliphatic heterocycles.